The van der Waals surface area contributed by atoms with Crippen molar-refractivity contribution < 1.29 is 0 Å². The van der Waals surface area contributed by atoms with Crippen molar-refractivity contribution in [1.82, 2.24) is 14.3 Å². The normalized spacial score (nSPS) is 10.7. The Morgan fingerprint density at radius 3 is 2.24 bits per heavy atom. The minimum absolute atomic E-state index is 0.307. The second kappa shape index (κ2) is 5.46. The number of nitrogens with zero attached hydrogens (tertiary/aromatic N) is 2. The summed E-state index contributed by atoms with van der Waals surface area (Å²) in [5, 5.41) is 0.569. The molecule has 1 N–H and O–H groups in total. The largest absolute Gasteiger partial charge is 0.349 e. The molecule has 5 nitrogen and oxygen atoms in total. The predicted molar refractivity (Wildman–Crippen MR) is 81.2 cm³/mol. The fourth-order valence-electron chi connectivity index (χ4n) is 2.15. The van der Waals surface area contributed by atoms with E-state index in [0.717, 1.165) is 5.56 Å². The van der Waals surface area contributed by atoms with E-state index in [-0.39, 0.29) is 0 Å². The summed E-state index contributed by atoms with van der Waals surface area (Å²) in [7, 11) is 0. The maximum Gasteiger partial charge on any atom is 0.349 e. The van der Waals surface area contributed by atoms with Gasteiger partial charge in [0.25, 0.3) is 0 Å². The molecule has 0 fully saturated rings. The third-order valence-electron chi connectivity index (χ3n) is 3.13. The van der Waals surface area contributed by atoms with Crippen molar-refractivity contribution in [1.29, 1.82) is 0 Å². The Morgan fingerprint density at radius 1 is 0.905 bits per heavy atom. The first kappa shape index (κ1) is 13.5. The molecule has 2 aromatic carbocycles. The molecule has 0 amide bonds. The van der Waals surface area contributed by atoms with Crippen molar-refractivity contribution in [3.05, 3.63) is 86.2 Å². The van der Waals surface area contributed by atoms with Gasteiger partial charge < -0.3 is 0 Å². The Hall–Kier alpha value is -2.53. The van der Waals surface area contributed by atoms with E-state index in [9.17, 15) is 9.59 Å². The molecule has 0 spiro atoms. The number of hydrogen-bond acceptors (Lipinski definition) is 2. The molecule has 21 heavy (non-hydrogen) atoms. The van der Waals surface area contributed by atoms with Crippen molar-refractivity contribution in [3.63, 3.8) is 0 Å². The molecule has 0 bridgehead atoms. The lowest BCUT2D eigenvalue weighted by Gasteiger charge is -2.09. The van der Waals surface area contributed by atoms with Gasteiger partial charge in [-0.1, -0.05) is 41.9 Å². The average Bonchev–Trinajstić information content (AvgIpc) is 2.76. The summed E-state index contributed by atoms with van der Waals surface area (Å²) in [6, 6.07) is 16.2. The van der Waals surface area contributed by atoms with Crippen LogP contribution in [-0.4, -0.2) is 14.3 Å². The molecule has 1 heterocycles. The van der Waals surface area contributed by atoms with E-state index in [0.29, 0.717) is 17.3 Å². The summed E-state index contributed by atoms with van der Waals surface area (Å²) in [4.78, 5) is 26.2. The van der Waals surface area contributed by atoms with Gasteiger partial charge in [-0.05, 0) is 29.8 Å². The van der Waals surface area contributed by atoms with Crippen molar-refractivity contribution in [2.24, 2.45) is 0 Å². The zero-order chi connectivity index (χ0) is 14.8. The maximum absolute atomic E-state index is 12.0. The molecule has 0 saturated heterocycles. The monoisotopic (exact) mass is 301 g/mol. The van der Waals surface area contributed by atoms with Gasteiger partial charge in [-0.3, -0.25) is 4.98 Å². The van der Waals surface area contributed by atoms with Crippen molar-refractivity contribution in [2.45, 2.75) is 6.54 Å². The molecular weight excluding hydrogens is 290 g/mol. The van der Waals surface area contributed by atoms with Crippen LogP contribution in [0.3, 0.4) is 0 Å². The van der Waals surface area contributed by atoms with Crippen LogP contribution in [0.25, 0.3) is 5.69 Å². The van der Waals surface area contributed by atoms with Crippen LogP contribution in [0.15, 0.2) is 64.2 Å². The number of aromatic nitrogens is 3. The molecule has 0 saturated carbocycles. The fraction of sp³-hybridized carbons (Fsp3) is 0.0667. The Balaban J connectivity index is 2.11. The first-order chi connectivity index (χ1) is 10.1. The lowest BCUT2D eigenvalue weighted by atomic mass is 10.2. The summed E-state index contributed by atoms with van der Waals surface area (Å²) in [5.74, 6) is 0. The quantitative estimate of drug-likeness (QED) is 0.804. The molecule has 3 rings (SSSR count). The molecule has 0 aliphatic rings. The van der Waals surface area contributed by atoms with Gasteiger partial charge in [0, 0.05) is 5.02 Å². The average molecular weight is 302 g/mol. The zero-order valence-corrected chi connectivity index (χ0v) is 11.7. The first-order valence-corrected chi connectivity index (χ1v) is 6.75. The number of H-pyrrole nitrogens is 1. The SMILES string of the molecule is O=c1[nH]c(=O)n(-c2ccc(Cl)cc2)n1Cc1ccccc1. The van der Waals surface area contributed by atoms with Gasteiger partial charge >= 0.3 is 11.4 Å². The lowest BCUT2D eigenvalue weighted by Crippen LogP contribution is -2.26. The number of hydrogen-bond donors (Lipinski definition) is 1. The van der Waals surface area contributed by atoms with Crippen molar-refractivity contribution in [2.75, 3.05) is 0 Å². The number of benzene rings is 2. The summed E-state index contributed by atoms with van der Waals surface area (Å²) in [6.07, 6.45) is 0. The van der Waals surface area contributed by atoms with Gasteiger partial charge in [0.1, 0.15) is 0 Å². The highest BCUT2D eigenvalue weighted by Gasteiger charge is 2.11. The Kier molecular flexibility index (Phi) is 3.50. The van der Waals surface area contributed by atoms with Gasteiger partial charge in [-0.2, -0.15) is 4.68 Å². The smallest absolute Gasteiger partial charge is 0.256 e. The summed E-state index contributed by atoms with van der Waals surface area (Å²) < 4.78 is 2.67. The van der Waals surface area contributed by atoms with E-state index in [1.807, 2.05) is 30.3 Å². The second-order valence-electron chi connectivity index (χ2n) is 4.57. The van der Waals surface area contributed by atoms with Crippen LogP contribution >= 0.6 is 11.6 Å². The maximum atomic E-state index is 12.0. The highest BCUT2D eigenvalue weighted by Crippen LogP contribution is 2.12. The van der Waals surface area contributed by atoms with E-state index in [2.05, 4.69) is 4.98 Å². The van der Waals surface area contributed by atoms with Crippen LogP contribution in [0.2, 0.25) is 5.02 Å². The first-order valence-electron chi connectivity index (χ1n) is 6.37. The molecule has 0 unspecified atom stereocenters. The van der Waals surface area contributed by atoms with Gasteiger partial charge in [-0.25, -0.2) is 14.3 Å². The predicted octanol–water partition coefficient (Wildman–Crippen LogP) is 2.03. The standard InChI is InChI=1S/C15H12ClN3O2/c16-12-6-8-13(9-7-12)19-15(21)17-14(20)18(19)10-11-4-2-1-3-5-11/h1-9H,10H2,(H,17,20,21). The minimum atomic E-state index is -0.474. The van der Waals surface area contributed by atoms with E-state index in [1.165, 1.54) is 9.36 Å². The van der Waals surface area contributed by atoms with Crippen LogP contribution in [0.1, 0.15) is 5.56 Å². The zero-order valence-electron chi connectivity index (χ0n) is 11.0. The van der Waals surface area contributed by atoms with Crippen molar-refractivity contribution in [3.8, 4) is 5.69 Å². The molecule has 106 valence electrons. The summed E-state index contributed by atoms with van der Waals surface area (Å²) in [5.41, 5.74) is 0.594. The number of rotatable bonds is 3. The van der Waals surface area contributed by atoms with Gasteiger partial charge in [0.2, 0.25) is 0 Å². The Labute approximate surface area is 125 Å². The van der Waals surface area contributed by atoms with Gasteiger partial charge in [0.15, 0.2) is 0 Å². The fourth-order valence-corrected chi connectivity index (χ4v) is 2.27. The number of aromatic amines is 1. The molecule has 1 aromatic heterocycles. The van der Waals surface area contributed by atoms with Crippen LogP contribution in [0, 0.1) is 0 Å². The molecule has 0 aliphatic heterocycles. The Bertz CT molecular complexity index is 860. The second-order valence-corrected chi connectivity index (χ2v) is 5.00. The molecule has 6 heteroatoms. The van der Waals surface area contributed by atoms with Gasteiger partial charge in [-0.15, -0.1) is 0 Å². The Morgan fingerprint density at radius 2 is 1.57 bits per heavy atom. The molecule has 0 aliphatic carbocycles. The van der Waals surface area contributed by atoms with E-state index in [4.69, 9.17) is 11.6 Å². The third-order valence-corrected chi connectivity index (χ3v) is 3.38. The van der Waals surface area contributed by atoms with Crippen LogP contribution in [0.5, 0.6) is 0 Å². The van der Waals surface area contributed by atoms with Crippen LogP contribution in [0.4, 0.5) is 0 Å². The summed E-state index contributed by atoms with van der Waals surface area (Å²) >= 11 is 5.85. The number of halogens is 1. The van der Waals surface area contributed by atoms with Gasteiger partial charge in [0.05, 0.1) is 12.2 Å². The highest BCUT2D eigenvalue weighted by atomic mass is 35.5. The van der Waals surface area contributed by atoms with Crippen LogP contribution in [-0.2, 0) is 6.54 Å². The molecule has 0 atom stereocenters. The van der Waals surface area contributed by atoms with E-state index >= 15 is 0 Å². The molecule has 3 aromatic rings. The highest BCUT2D eigenvalue weighted by molar-refractivity contribution is 6.30. The van der Waals surface area contributed by atoms with Crippen molar-refractivity contribution >= 4 is 11.6 Å². The van der Waals surface area contributed by atoms with Crippen LogP contribution < -0.4 is 11.4 Å². The molecular formula is C15H12ClN3O2. The lowest BCUT2D eigenvalue weighted by molar-refractivity contribution is 0.576. The van der Waals surface area contributed by atoms with E-state index < -0.39 is 11.4 Å². The third kappa shape index (κ3) is 2.68. The number of nitrogens with one attached hydrogen (secondary N) is 1. The summed E-state index contributed by atoms with van der Waals surface area (Å²) in [6.45, 7) is 0.307. The molecule has 0 radical (unpaired) electrons. The van der Waals surface area contributed by atoms with E-state index in [1.54, 1.807) is 24.3 Å². The minimum Gasteiger partial charge on any atom is -0.256 e. The topological polar surface area (TPSA) is 59.8 Å².